The molecule has 2 rings (SSSR count). The summed E-state index contributed by atoms with van der Waals surface area (Å²) >= 11 is 1.26. The standard InChI is InChI=1S/C15H25N3O2S/c1-12-11-21-14(20)18(12)10-7-16-5-8-17(9-6-16)13(19)15(2,3)4/h11H,5-10H2,1-4H3. The first kappa shape index (κ1) is 16.2. The summed E-state index contributed by atoms with van der Waals surface area (Å²) in [5, 5.41) is 1.91. The van der Waals surface area contributed by atoms with Gasteiger partial charge in [0.2, 0.25) is 5.91 Å². The molecule has 5 nitrogen and oxygen atoms in total. The lowest BCUT2D eigenvalue weighted by molar-refractivity contribution is -0.141. The van der Waals surface area contributed by atoms with Crippen LogP contribution in [0.1, 0.15) is 26.5 Å². The number of hydrogen-bond acceptors (Lipinski definition) is 4. The van der Waals surface area contributed by atoms with E-state index in [4.69, 9.17) is 0 Å². The highest BCUT2D eigenvalue weighted by Gasteiger charge is 2.29. The van der Waals surface area contributed by atoms with Crippen molar-refractivity contribution in [1.29, 1.82) is 0 Å². The Hall–Kier alpha value is -1.14. The molecule has 0 spiro atoms. The van der Waals surface area contributed by atoms with E-state index in [2.05, 4.69) is 4.90 Å². The van der Waals surface area contributed by atoms with Crippen LogP contribution in [0.15, 0.2) is 10.2 Å². The van der Waals surface area contributed by atoms with Crippen LogP contribution in [0.5, 0.6) is 0 Å². The van der Waals surface area contributed by atoms with Crippen LogP contribution in [0, 0.1) is 12.3 Å². The Balaban J connectivity index is 1.82. The number of piperazine rings is 1. The molecule has 1 fully saturated rings. The van der Waals surface area contributed by atoms with E-state index < -0.39 is 0 Å². The van der Waals surface area contributed by atoms with E-state index >= 15 is 0 Å². The van der Waals surface area contributed by atoms with Gasteiger partial charge in [0.05, 0.1) is 0 Å². The van der Waals surface area contributed by atoms with E-state index in [0.717, 1.165) is 45.0 Å². The summed E-state index contributed by atoms with van der Waals surface area (Å²) in [5.41, 5.74) is 0.732. The Morgan fingerprint density at radius 1 is 1.19 bits per heavy atom. The van der Waals surface area contributed by atoms with Gasteiger partial charge in [0.25, 0.3) is 0 Å². The maximum atomic E-state index is 12.2. The molecule has 0 aliphatic carbocycles. The average molecular weight is 311 g/mol. The number of thiazole rings is 1. The van der Waals surface area contributed by atoms with Crippen molar-refractivity contribution in [1.82, 2.24) is 14.4 Å². The van der Waals surface area contributed by atoms with Crippen molar-refractivity contribution in [2.45, 2.75) is 34.2 Å². The number of aromatic nitrogens is 1. The fraction of sp³-hybridized carbons (Fsp3) is 0.733. The number of hydrogen-bond donors (Lipinski definition) is 0. The molecule has 1 aromatic heterocycles. The zero-order valence-corrected chi connectivity index (χ0v) is 14.2. The molecule has 2 heterocycles. The van der Waals surface area contributed by atoms with Crippen LogP contribution in [-0.2, 0) is 11.3 Å². The van der Waals surface area contributed by atoms with Crippen LogP contribution in [0.2, 0.25) is 0 Å². The minimum Gasteiger partial charge on any atom is -0.340 e. The van der Waals surface area contributed by atoms with E-state index in [-0.39, 0.29) is 16.2 Å². The van der Waals surface area contributed by atoms with Gasteiger partial charge in [-0.15, -0.1) is 0 Å². The first-order valence-electron chi connectivity index (χ1n) is 7.45. The predicted molar refractivity (Wildman–Crippen MR) is 85.8 cm³/mol. The zero-order chi connectivity index (χ0) is 15.6. The summed E-state index contributed by atoms with van der Waals surface area (Å²) in [5.74, 6) is 0.229. The summed E-state index contributed by atoms with van der Waals surface area (Å²) < 4.78 is 1.83. The molecule has 1 saturated heterocycles. The summed E-state index contributed by atoms with van der Waals surface area (Å²) in [6, 6.07) is 0. The van der Waals surface area contributed by atoms with Crippen molar-refractivity contribution in [2.75, 3.05) is 32.7 Å². The van der Waals surface area contributed by atoms with Gasteiger partial charge in [-0.3, -0.25) is 14.5 Å². The van der Waals surface area contributed by atoms with Gasteiger partial charge in [0.15, 0.2) is 0 Å². The largest absolute Gasteiger partial charge is 0.340 e. The summed E-state index contributed by atoms with van der Waals surface area (Å²) in [4.78, 5) is 28.3. The molecule has 1 amide bonds. The lowest BCUT2D eigenvalue weighted by Crippen LogP contribution is -2.52. The number of aryl methyl sites for hydroxylation is 1. The van der Waals surface area contributed by atoms with Gasteiger partial charge in [-0.25, -0.2) is 0 Å². The molecule has 0 radical (unpaired) electrons. The normalized spacial score (nSPS) is 17.2. The molecule has 0 aromatic carbocycles. The fourth-order valence-corrected chi connectivity index (χ4v) is 3.33. The fourth-order valence-electron chi connectivity index (χ4n) is 2.56. The Labute approximate surface area is 130 Å². The first-order valence-corrected chi connectivity index (χ1v) is 8.33. The molecule has 6 heteroatoms. The molecule has 1 aliphatic heterocycles. The second kappa shape index (κ2) is 6.32. The maximum absolute atomic E-state index is 12.2. The van der Waals surface area contributed by atoms with Crippen molar-refractivity contribution in [3.05, 3.63) is 20.7 Å². The quantitative estimate of drug-likeness (QED) is 0.848. The molecule has 1 aliphatic rings. The molecule has 1 aromatic rings. The van der Waals surface area contributed by atoms with E-state index in [9.17, 15) is 9.59 Å². The van der Waals surface area contributed by atoms with E-state index in [1.54, 1.807) is 0 Å². The van der Waals surface area contributed by atoms with E-state index in [1.807, 2.05) is 42.5 Å². The molecule has 21 heavy (non-hydrogen) atoms. The SMILES string of the molecule is Cc1csc(=O)n1CCN1CCN(C(=O)C(C)(C)C)CC1. The third-order valence-electron chi connectivity index (χ3n) is 3.92. The number of carbonyl (C=O) groups is 1. The number of carbonyl (C=O) groups excluding carboxylic acids is 1. The maximum Gasteiger partial charge on any atom is 0.307 e. The second-order valence-electron chi connectivity index (χ2n) is 6.68. The topological polar surface area (TPSA) is 45.6 Å². The summed E-state index contributed by atoms with van der Waals surface area (Å²) in [7, 11) is 0. The Bertz CT molecular complexity index is 548. The number of nitrogens with zero attached hydrogens (tertiary/aromatic N) is 3. The highest BCUT2D eigenvalue weighted by molar-refractivity contribution is 7.07. The van der Waals surface area contributed by atoms with Gasteiger partial charge in [0, 0.05) is 55.8 Å². The van der Waals surface area contributed by atoms with Crippen molar-refractivity contribution in [3.63, 3.8) is 0 Å². The first-order chi connectivity index (χ1) is 9.79. The predicted octanol–water partition coefficient (Wildman–Crippen LogP) is 1.41. The van der Waals surface area contributed by atoms with Crippen molar-refractivity contribution in [3.8, 4) is 0 Å². The minimum absolute atomic E-state index is 0.119. The minimum atomic E-state index is -0.302. The van der Waals surface area contributed by atoms with Gasteiger partial charge < -0.3 is 9.47 Å². The van der Waals surface area contributed by atoms with Gasteiger partial charge >= 0.3 is 4.87 Å². The average Bonchev–Trinajstić information content (AvgIpc) is 2.75. The Morgan fingerprint density at radius 3 is 2.29 bits per heavy atom. The monoisotopic (exact) mass is 311 g/mol. The molecule has 0 unspecified atom stereocenters. The third-order valence-corrected chi connectivity index (χ3v) is 4.80. The highest BCUT2D eigenvalue weighted by Crippen LogP contribution is 2.18. The van der Waals surface area contributed by atoms with Gasteiger partial charge in [-0.05, 0) is 6.92 Å². The van der Waals surface area contributed by atoms with Crippen LogP contribution >= 0.6 is 11.3 Å². The molecule has 0 saturated carbocycles. The number of amides is 1. The van der Waals surface area contributed by atoms with Gasteiger partial charge in [-0.2, -0.15) is 0 Å². The van der Waals surface area contributed by atoms with E-state index in [1.165, 1.54) is 11.3 Å². The molecular formula is C15H25N3O2S. The third kappa shape index (κ3) is 3.95. The van der Waals surface area contributed by atoms with Gasteiger partial charge in [0.1, 0.15) is 0 Å². The van der Waals surface area contributed by atoms with E-state index in [0.29, 0.717) is 0 Å². The molecular weight excluding hydrogens is 286 g/mol. The van der Waals surface area contributed by atoms with Crippen molar-refractivity contribution in [2.24, 2.45) is 5.41 Å². The van der Waals surface area contributed by atoms with Crippen molar-refractivity contribution >= 4 is 17.2 Å². The summed E-state index contributed by atoms with van der Waals surface area (Å²) in [6.45, 7) is 12.8. The molecule has 0 bridgehead atoms. The Morgan fingerprint density at radius 2 is 1.81 bits per heavy atom. The number of rotatable bonds is 3. The zero-order valence-electron chi connectivity index (χ0n) is 13.4. The lowest BCUT2D eigenvalue weighted by atomic mass is 9.94. The van der Waals surface area contributed by atoms with Crippen LogP contribution in [-0.4, -0.2) is 53.0 Å². The molecule has 0 atom stereocenters. The molecule has 118 valence electrons. The van der Waals surface area contributed by atoms with Crippen LogP contribution < -0.4 is 4.87 Å². The van der Waals surface area contributed by atoms with Crippen LogP contribution in [0.4, 0.5) is 0 Å². The smallest absolute Gasteiger partial charge is 0.307 e. The Kier molecular flexibility index (Phi) is 4.88. The van der Waals surface area contributed by atoms with Crippen molar-refractivity contribution < 1.29 is 4.79 Å². The molecule has 0 N–H and O–H groups in total. The summed E-state index contributed by atoms with van der Waals surface area (Å²) in [6.07, 6.45) is 0. The lowest BCUT2D eigenvalue weighted by Gasteiger charge is -2.37. The second-order valence-corrected chi connectivity index (χ2v) is 7.50. The highest BCUT2D eigenvalue weighted by atomic mass is 32.1. The van der Waals surface area contributed by atoms with Gasteiger partial charge in [-0.1, -0.05) is 32.1 Å². The van der Waals surface area contributed by atoms with Crippen LogP contribution in [0.25, 0.3) is 0 Å². The van der Waals surface area contributed by atoms with Crippen LogP contribution in [0.3, 0.4) is 0 Å².